The van der Waals surface area contributed by atoms with Gasteiger partial charge < -0.3 is 15.1 Å². The highest BCUT2D eigenvalue weighted by Crippen LogP contribution is 2.42. The summed E-state index contributed by atoms with van der Waals surface area (Å²) in [6, 6.07) is 3.87. The molecule has 25 heavy (non-hydrogen) atoms. The molecular formula is C20H32N4O. The number of anilines is 1. The summed E-state index contributed by atoms with van der Waals surface area (Å²) < 4.78 is 0. The molecule has 0 aliphatic carbocycles. The van der Waals surface area contributed by atoms with E-state index in [4.69, 9.17) is 0 Å². The van der Waals surface area contributed by atoms with E-state index in [2.05, 4.69) is 47.9 Å². The number of hydrogen-bond donors (Lipinski definition) is 1. The van der Waals surface area contributed by atoms with Gasteiger partial charge in [-0.1, -0.05) is 19.9 Å². The number of amides is 1. The fourth-order valence-corrected chi connectivity index (χ4v) is 3.85. The van der Waals surface area contributed by atoms with Gasteiger partial charge in [0.25, 0.3) is 5.91 Å². The summed E-state index contributed by atoms with van der Waals surface area (Å²) in [5, 5.41) is 2.99. The highest BCUT2D eigenvalue weighted by Gasteiger charge is 2.45. The van der Waals surface area contributed by atoms with Crippen LogP contribution in [0.4, 0.5) is 5.82 Å². The van der Waals surface area contributed by atoms with Crippen molar-refractivity contribution in [3.8, 4) is 0 Å². The Morgan fingerprint density at radius 3 is 2.60 bits per heavy atom. The number of aromatic nitrogens is 1. The van der Waals surface area contributed by atoms with Crippen LogP contribution < -0.4 is 10.2 Å². The zero-order chi connectivity index (χ0) is 18.0. The van der Waals surface area contributed by atoms with Crippen molar-refractivity contribution in [3.63, 3.8) is 0 Å². The maximum absolute atomic E-state index is 12.4. The molecule has 1 spiro atoms. The molecule has 1 N–H and O–H groups in total. The third-order valence-corrected chi connectivity index (χ3v) is 5.71. The van der Waals surface area contributed by atoms with Crippen molar-refractivity contribution >= 4 is 11.7 Å². The second kappa shape index (κ2) is 7.32. The summed E-state index contributed by atoms with van der Waals surface area (Å²) in [6.45, 7) is 11.7. The lowest BCUT2D eigenvalue weighted by Gasteiger charge is -2.54. The van der Waals surface area contributed by atoms with Crippen LogP contribution in [0.1, 0.15) is 49.2 Å². The van der Waals surface area contributed by atoms with E-state index in [1.54, 1.807) is 0 Å². The predicted octanol–water partition coefficient (Wildman–Crippen LogP) is 2.70. The van der Waals surface area contributed by atoms with Gasteiger partial charge in [-0.15, -0.1) is 0 Å². The van der Waals surface area contributed by atoms with Gasteiger partial charge in [-0.3, -0.25) is 4.79 Å². The first-order valence-corrected chi connectivity index (χ1v) is 9.58. The Bertz CT molecular complexity index is 612. The van der Waals surface area contributed by atoms with Gasteiger partial charge in [-0.2, -0.15) is 0 Å². The van der Waals surface area contributed by atoms with Crippen LogP contribution in [0, 0.1) is 18.3 Å². The number of pyridine rings is 1. The Balaban J connectivity index is 1.62. The van der Waals surface area contributed by atoms with Crippen LogP contribution >= 0.6 is 0 Å². The minimum absolute atomic E-state index is 0.0589. The van der Waals surface area contributed by atoms with Gasteiger partial charge >= 0.3 is 0 Å². The molecule has 0 atom stereocenters. The van der Waals surface area contributed by atoms with Crippen molar-refractivity contribution in [1.82, 2.24) is 15.2 Å². The van der Waals surface area contributed by atoms with Gasteiger partial charge in [-0.05, 0) is 63.9 Å². The van der Waals surface area contributed by atoms with Crippen LogP contribution in [0.2, 0.25) is 0 Å². The standard InChI is InChI=1S/C20H32N4O/c1-15(2)7-10-21-19(25)17-6-5-16(3)18(22-17)24-13-20(14-24)8-11-23(4)12-9-20/h5-6,15H,7-14H2,1-4H3,(H,21,25). The molecule has 0 bridgehead atoms. The highest BCUT2D eigenvalue weighted by molar-refractivity contribution is 5.92. The topological polar surface area (TPSA) is 48.5 Å². The molecule has 0 unspecified atom stereocenters. The Kier molecular flexibility index (Phi) is 5.32. The number of likely N-dealkylation sites (tertiary alicyclic amines) is 1. The monoisotopic (exact) mass is 344 g/mol. The second-order valence-corrected chi connectivity index (χ2v) is 8.43. The van der Waals surface area contributed by atoms with Crippen LogP contribution in [-0.2, 0) is 0 Å². The molecule has 0 saturated carbocycles. The molecule has 1 amide bonds. The van der Waals surface area contributed by atoms with Gasteiger partial charge in [0.05, 0.1) is 0 Å². The number of aryl methyl sites for hydroxylation is 1. The molecule has 3 heterocycles. The number of nitrogens with zero attached hydrogens (tertiary/aromatic N) is 3. The fourth-order valence-electron chi connectivity index (χ4n) is 3.85. The van der Waals surface area contributed by atoms with Crippen LogP contribution in [0.5, 0.6) is 0 Å². The minimum atomic E-state index is -0.0589. The number of carbonyl (C=O) groups excluding carboxylic acids is 1. The van der Waals surface area contributed by atoms with Gasteiger partial charge in [0.2, 0.25) is 0 Å². The largest absolute Gasteiger partial charge is 0.355 e. The van der Waals surface area contributed by atoms with Crippen LogP contribution in [-0.4, -0.2) is 55.6 Å². The first kappa shape index (κ1) is 18.2. The van der Waals surface area contributed by atoms with E-state index < -0.39 is 0 Å². The molecule has 1 aromatic heterocycles. The van der Waals surface area contributed by atoms with Crippen molar-refractivity contribution in [3.05, 3.63) is 23.4 Å². The van der Waals surface area contributed by atoms with Gasteiger partial charge in [0.1, 0.15) is 11.5 Å². The molecule has 5 nitrogen and oxygen atoms in total. The van der Waals surface area contributed by atoms with Crippen LogP contribution in [0.3, 0.4) is 0 Å². The summed E-state index contributed by atoms with van der Waals surface area (Å²) in [7, 11) is 2.20. The quantitative estimate of drug-likeness (QED) is 0.892. The average molecular weight is 345 g/mol. The van der Waals surface area contributed by atoms with E-state index in [1.807, 2.05) is 12.1 Å². The Morgan fingerprint density at radius 2 is 1.96 bits per heavy atom. The number of nitrogens with one attached hydrogen (secondary N) is 1. The summed E-state index contributed by atoms with van der Waals surface area (Å²) in [5.74, 6) is 1.52. The molecule has 2 aliphatic heterocycles. The summed E-state index contributed by atoms with van der Waals surface area (Å²) in [5.41, 5.74) is 2.16. The average Bonchev–Trinajstić information content (AvgIpc) is 2.54. The zero-order valence-electron chi connectivity index (χ0n) is 16.1. The molecule has 2 fully saturated rings. The SMILES string of the molecule is Cc1ccc(C(=O)NCCC(C)C)nc1N1CC2(CCN(C)CC2)C1. The van der Waals surface area contributed by atoms with Crippen molar-refractivity contribution in [1.29, 1.82) is 0 Å². The van der Waals surface area contributed by atoms with E-state index in [-0.39, 0.29) is 5.91 Å². The van der Waals surface area contributed by atoms with E-state index in [0.717, 1.165) is 30.9 Å². The third kappa shape index (κ3) is 4.14. The van der Waals surface area contributed by atoms with Gasteiger partial charge in [0.15, 0.2) is 0 Å². The van der Waals surface area contributed by atoms with Crippen LogP contribution in [0.25, 0.3) is 0 Å². The van der Waals surface area contributed by atoms with E-state index in [1.165, 1.54) is 25.9 Å². The van der Waals surface area contributed by atoms with Crippen molar-refractivity contribution in [2.24, 2.45) is 11.3 Å². The summed E-state index contributed by atoms with van der Waals surface area (Å²) in [4.78, 5) is 21.8. The lowest BCUT2D eigenvalue weighted by molar-refractivity contribution is 0.0897. The lowest BCUT2D eigenvalue weighted by atomic mass is 9.72. The molecule has 2 aliphatic rings. The van der Waals surface area contributed by atoms with Crippen molar-refractivity contribution in [2.45, 2.75) is 40.0 Å². The first-order chi connectivity index (χ1) is 11.9. The summed E-state index contributed by atoms with van der Waals surface area (Å²) in [6.07, 6.45) is 3.54. The number of hydrogen-bond acceptors (Lipinski definition) is 4. The predicted molar refractivity (Wildman–Crippen MR) is 102 cm³/mol. The van der Waals surface area contributed by atoms with Gasteiger partial charge in [0, 0.05) is 25.0 Å². The smallest absolute Gasteiger partial charge is 0.269 e. The molecule has 2 saturated heterocycles. The van der Waals surface area contributed by atoms with Crippen molar-refractivity contribution in [2.75, 3.05) is 44.7 Å². The van der Waals surface area contributed by atoms with E-state index in [0.29, 0.717) is 23.6 Å². The molecule has 0 aromatic carbocycles. The molecular weight excluding hydrogens is 312 g/mol. The summed E-state index contributed by atoms with van der Waals surface area (Å²) >= 11 is 0. The minimum Gasteiger partial charge on any atom is -0.355 e. The van der Waals surface area contributed by atoms with E-state index >= 15 is 0 Å². The van der Waals surface area contributed by atoms with Crippen LogP contribution in [0.15, 0.2) is 12.1 Å². The molecule has 5 heteroatoms. The highest BCUT2D eigenvalue weighted by atomic mass is 16.1. The molecule has 3 rings (SSSR count). The Labute approximate surface area is 151 Å². The molecule has 138 valence electrons. The Hall–Kier alpha value is -1.62. The molecule has 0 radical (unpaired) electrons. The number of piperidine rings is 1. The third-order valence-electron chi connectivity index (χ3n) is 5.71. The lowest BCUT2D eigenvalue weighted by Crippen LogP contribution is -2.60. The fraction of sp³-hybridized carbons (Fsp3) is 0.700. The van der Waals surface area contributed by atoms with Crippen molar-refractivity contribution < 1.29 is 4.79 Å². The first-order valence-electron chi connectivity index (χ1n) is 9.58. The zero-order valence-corrected chi connectivity index (χ0v) is 16.1. The normalized spacial score (nSPS) is 20.0. The number of carbonyl (C=O) groups is 1. The maximum Gasteiger partial charge on any atom is 0.269 e. The Morgan fingerprint density at radius 1 is 1.28 bits per heavy atom. The second-order valence-electron chi connectivity index (χ2n) is 8.43. The van der Waals surface area contributed by atoms with E-state index in [9.17, 15) is 4.79 Å². The van der Waals surface area contributed by atoms with Gasteiger partial charge in [-0.25, -0.2) is 4.98 Å². The molecule has 1 aromatic rings. The number of rotatable bonds is 5. The maximum atomic E-state index is 12.4.